The van der Waals surface area contributed by atoms with E-state index in [1.807, 2.05) is 43.6 Å². The molecule has 7 nitrogen and oxygen atoms in total. The number of thioether (sulfide) groups is 1. The lowest BCUT2D eigenvalue weighted by atomic mass is 10.3. The van der Waals surface area contributed by atoms with Gasteiger partial charge in [-0.15, -0.1) is 5.10 Å². The van der Waals surface area contributed by atoms with Gasteiger partial charge in [0.1, 0.15) is 11.4 Å². The van der Waals surface area contributed by atoms with Crippen molar-refractivity contribution >= 4 is 22.8 Å². The second-order valence-corrected chi connectivity index (χ2v) is 6.70. The summed E-state index contributed by atoms with van der Waals surface area (Å²) >= 11 is 1.63. The van der Waals surface area contributed by atoms with Gasteiger partial charge in [0.15, 0.2) is 5.65 Å². The lowest BCUT2D eigenvalue weighted by molar-refractivity contribution is 0.784. The zero-order valence-electron chi connectivity index (χ0n) is 13.2. The number of hydrogen-bond acceptors (Lipinski definition) is 6. The minimum Gasteiger partial charge on any atom is -0.250 e. The Hall–Kier alpha value is -2.74. The van der Waals surface area contributed by atoms with Gasteiger partial charge >= 0.3 is 0 Å². The first-order valence-corrected chi connectivity index (χ1v) is 8.37. The number of nitrogens with zero attached hydrogens (tertiary/aromatic N) is 7. The van der Waals surface area contributed by atoms with Crippen LogP contribution in [0.4, 0.5) is 0 Å². The van der Waals surface area contributed by atoms with Gasteiger partial charge in [-0.3, -0.25) is 4.68 Å². The highest BCUT2D eigenvalue weighted by molar-refractivity contribution is 7.99. The van der Waals surface area contributed by atoms with Crippen LogP contribution in [0.2, 0.25) is 0 Å². The van der Waals surface area contributed by atoms with Crippen molar-refractivity contribution in [2.24, 2.45) is 7.05 Å². The molecule has 1 atom stereocenters. The fourth-order valence-electron chi connectivity index (χ4n) is 2.43. The van der Waals surface area contributed by atoms with Crippen LogP contribution in [0.25, 0.3) is 16.7 Å². The molecule has 0 radical (unpaired) electrons. The number of fused-ring (bicyclic) bond motifs is 1. The van der Waals surface area contributed by atoms with Crippen molar-refractivity contribution in [1.29, 1.82) is 0 Å². The van der Waals surface area contributed by atoms with Crippen LogP contribution in [-0.2, 0) is 7.05 Å². The third kappa shape index (κ3) is 2.65. The molecular weight excluding hydrogens is 322 g/mol. The van der Waals surface area contributed by atoms with Crippen molar-refractivity contribution in [2.45, 2.75) is 17.2 Å². The molecule has 120 valence electrons. The van der Waals surface area contributed by atoms with Gasteiger partial charge in [0.25, 0.3) is 0 Å². The fraction of sp³-hybridized carbons (Fsp3) is 0.188. The van der Waals surface area contributed by atoms with E-state index in [0.717, 1.165) is 27.4 Å². The standard InChI is InChI=1S/C16H15N7S/c1-11(14-9-23(21-20-14)12-6-4-3-5-7-12)24-16-13-8-19-22(2)15(13)17-10-18-16/h3-11H,1-2H3. The quantitative estimate of drug-likeness (QED) is 0.421. The van der Waals surface area contributed by atoms with Crippen molar-refractivity contribution in [3.8, 4) is 5.69 Å². The summed E-state index contributed by atoms with van der Waals surface area (Å²) in [7, 11) is 1.87. The van der Waals surface area contributed by atoms with Crippen LogP contribution in [-0.4, -0.2) is 34.7 Å². The van der Waals surface area contributed by atoms with Crippen LogP contribution in [0.3, 0.4) is 0 Å². The highest BCUT2D eigenvalue weighted by Crippen LogP contribution is 2.35. The van der Waals surface area contributed by atoms with E-state index in [0.29, 0.717) is 0 Å². The minimum absolute atomic E-state index is 0.112. The highest BCUT2D eigenvalue weighted by atomic mass is 32.2. The van der Waals surface area contributed by atoms with Gasteiger partial charge in [-0.2, -0.15) is 5.10 Å². The van der Waals surface area contributed by atoms with Gasteiger partial charge in [0.2, 0.25) is 0 Å². The molecule has 0 spiro atoms. The molecule has 3 aromatic heterocycles. The van der Waals surface area contributed by atoms with E-state index in [-0.39, 0.29) is 5.25 Å². The molecule has 0 fully saturated rings. The molecule has 0 amide bonds. The summed E-state index contributed by atoms with van der Waals surface area (Å²) in [5, 5.41) is 14.7. The molecule has 0 N–H and O–H groups in total. The largest absolute Gasteiger partial charge is 0.250 e. The summed E-state index contributed by atoms with van der Waals surface area (Å²) in [6.45, 7) is 2.09. The first kappa shape index (κ1) is 14.8. The van der Waals surface area contributed by atoms with E-state index in [2.05, 4.69) is 32.3 Å². The van der Waals surface area contributed by atoms with Gasteiger partial charge in [0.05, 0.1) is 34.4 Å². The molecule has 0 bridgehead atoms. The number of aromatic nitrogens is 7. The Balaban J connectivity index is 1.60. The molecule has 8 heteroatoms. The number of rotatable bonds is 4. The molecule has 4 rings (SSSR count). The molecule has 0 aliphatic rings. The SMILES string of the molecule is CC(Sc1ncnc2c1cnn2C)c1cn(-c2ccccc2)nn1. The molecule has 3 heterocycles. The van der Waals surface area contributed by atoms with Gasteiger partial charge in [0, 0.05) is 7.05 Å². The predicted molar refractivity (Wildman–Crippen MR) is 91.9 cm³/mol. The van der Waals surface area contributed by atoms with E-state index in [1.54, 1.807) is 33.6 Å². The average Bonchev–Trinajstić information content (AvgIpc) is 3.24. The number of benzene rings is 1. The molecule has 1 unspecified atom stereocenters. The Labute approximate surface area is 142 Å². The third-order valence-corrected chi connectivity index (χ3v) is 4.87. The van der Waals surface area contributed by atoms with Crippen molar-refractivity contribution in [3.05, 3.63) is 54.7 Å². The monoisotopic (exact) mass is 337 g/mol. The average molecular weight is 337 g/mol. The summed E-state index contributed by atoms with van der Waals surface area (Å²) in [5.74, 6) is 0. The van der Waals surface area contributed by atoms with Crippen LogP contribution >= 0.6 is 11.8 Å². The van der Waals surface area contributed by atoms with Crippen molar-refractivity contribution in [2.75, 3.05) is 0 Å². The lowest BCUT2D eigenvalue weighted by Gasteiger charge is -2.07. The Morgan fingerprint density at radius 2 is 1.96 bits per heavy atom. The lowest BCUT2D eigenvalue weighted by Crippen LogP contribution is -1.94. The number of hydrogen-bond donors (Lipinski definition) is 0. The van der Waals surface area contributed by atoms with Crippen molar-refractivity contribution < 1.29 is 0 Å². The first-order valence-electron chi connectivity index (χ1n) is 7.49. The molecular formula is C16H15N7S. The summed E-state index contributed by atoms with van der Waals surface area (Å²) in [4.78, 5) is 8.66. The molecule has 0 aliphatic heterocycles. The maximum absolute atomic E-state index is 4.39. The Morgan fingerprint density at radius 3 is 2.79 bits per heavy atom. The predicted octanol–water partition coefficient (Wildman–Crippen LogP) is 2.80. The topological polar surface area (TPSA) is 74.3 Å². The minimum atomic E-state index is 0.112. The number of aryl methyl sites for hydroxylation is 1. The summed E-state index contributed by atoms with van der Waals surface area (Å²) in [5.41, 5.74) is 2.72. The normalized spacial score (nSPS) is 12.6. The summed E-state index contributed by atoms with van der Waals surface area (Å²) in [6.07, 6.45) is 5.32. The number of para-hydroxylation sites is 1. The van der Waals surface area contributed by atoms with Gasteiger partial charge in [-0.05, 0) is 19.1 Å². The van der Waals surface area contributed by atoms with Crippen LogP contribution in [0.5, 0.6) is 0 Å². The molecule has 0 saturated carbocycles. The van der Waals surface area contributed by atoms with Crippen LogP contribution in [0.15, 0.2) is 54.1 Å². The Kier molecular flexibility index (Phi) is 3.73. The summed E-state index contributed by atoms with van der Waals surface area (Å²) in [6, 6.07) is 9.94. The second kappa shape index (κ2) is 6.04. The smallest absolute Gasteiger partial charge is 0.162 e. The van der Waals surface area contributed by atoms with E-state index < -0.39 is 0 Å². The van der Waals surface area contributed by atoms with Crippen LogP contribution in [0, 0.1) is 0 Å². The van der Waals surface area contributed by atoms with Crippen LogP contribution in [0.1, 0.15) is 17.9 Å². The van der Waals surface area contributed by atoms with E-state index in [4.69, 9.17) is 0 Å². The van der Waals surface area contributed by atoms with Gasteiger partial charge in [-0.25, -0.2) is 14.6 Å². The zero-order chi connectivity index (χ0) is 16.5. The highest BCUT2D eigenvalue weighted by Gasteiger charge is 2.16. The molecule has 0 saturated heterocycles. The molecule has 0 aliphatic carbocycles. The van der Waals surface area contributed by atoms with Crippen molar-refractivity contribution in [3.63, 3.8) is 0 Å². The Bertz CT molecular complexity index is 976. The fourth-order valence-corrected chi connectivity index (χ4v) is 3.37. The first-order chi connectivity index (χ1) is 11.7. The second-order valence-electron chi connectivity index (χ2n) is 5.37. The molecule has 4 aromatic rings. The van der Waals surface area contributed by atoms with Crippen molar-refractivity contribution in [1.82, 2.24) is 34.7 Å². The van der Waals surface area contributed by atoms with E-state index in [1.165, 1.54) is 0 Å². The molecule has 1 aromatic carbocycles. The third-order valence-electron chi connectivity index (χ3n) is 3.73. The van der Waals surface area contributed by atoms with Gasteiger partial charge < -0.3 is 0 Å². The summed E-state index contributed by atoms with van der Waals surface area (Å²) < 4.78 is 3.53. The van der Waals surface area contributed by atoms with E-state index in [9.17, 15) is 0 Å². The van der Waals surface area contributed by atoms with E-state index >= 15 is 0 Å². The maximum Gasteiger partial charge on any atom is 0.162 e. The van der Waals surface area contributed by atoms with Gasteiger partial charge in [-0.1, -0.05) is 35.2 Å². The molecule has 24 heavy (non-hydrogen) atoms. The Morgan fingerprint density at radius 1 is 1.12 bits per heavy atom. The zero-order valence-corrected chi connectivity index (χ0v) is 14.1. The maximum atomic E-state index is 4.39. The van der Waals surface area contributed by atoms with Crippen LogP contribution < -0.4 is 0 Å².